The van der Waals surface area contributed by atoms with Crippen LogP contribution in [-0.4, -0.2) is 39.6 Å². The third kappa shape index (κ3) is 4.81. The lowest BCUT2D eigenvalue weighted by Gasteiger charge is -2.19. The molecule has 0 aliphatic heterocycles. The van der Waals surface area contributed by atoms with E-state index in [9.17, 15) is 4.79 Å². The van der Waals surface area contributed by atoms with Gasteiger partial charge in [0.05, 0.1) is 24.2 Å². The number of halogens is 1. The molecule has 0 aliphatic rings. The van der Waals surface area contributed by atoms with Crippen molar-refractivity contribution in [2.75, 3.05) is 13.7 Å². The molecule has 0 unspecified atom stereocenters. The van der Waals surface area contributed by atoms with E-state index >= 15 is 0 Å². The van der Waals surface area contributed by atoms with Crippen LogP contribution in [0.2, 0.25) is 5.02 Å². The Morgan fingerprint density at radius 3 is 2.66 bits per heavy atom. The number of carbonyl (C=O) groups is 1. The zero-order chi connectivity index (χ0) is 22.5. The maximum Gasteiger partial charge on any atom is 0.273 e. The zero-order valence-corrected chi connectivity index (χ0v) is 19.2. The van der Waals surface area contributed by atoms with Crippen molar-refractivity contribution in [3.63, 3.8) is 0 Å². The smallest absolute Gasteiger partial charge is 0.273 e. The molecule has 164 valence electrons. The number of ether oxygens (including phenoxy) is 1. The molecule has 0 bridgehead atoms. The summed E-state index contributed by atoms with van der Waals surface area (Å²) < 4.78 is 11.0. The summed E-state index contributed by atoms with van der Waals surface area (Å²) in [4.78, 5) is 19.4. The van der Waals surface area contributed by atoms with Crippen LogP contribution >= 0.6 is 22.9 Å². The number of methoxy groups -OCH3 is 1. The Labute approximate surface area is 194 Å². The van der Waals surface area contributed by atoms with Gasteiger partial charge in [0.1, 0.15) is 16.5 Å². The second kappa shape index (κ2) is 9.93. The molecule has 2 aromatic heterocycles. The number of hydrogen-bond acceptors (Lipinski definition) is 7. The number of aromatic nitrogens is 3. The van der Waals surface area contributed by atoms with E-state index < -0.39 is 0 Å². The molecule has 0 saturated carbocycles. The van der Waals surface area contributed by atoms with Gasteiger partial charge >= 0.3 is 0 Å². The fourth-order valence-corrected chi connectivity index (χ4v) is 4.16. The second-order valence-electron chi connectivity index (χ2n) is 6.97. The van der Waals surface area contributed by atoms with E-state index in [-0.39, 0.29) is 12.5 Å². The molecule has 9 heteroatoms. The molecule has 2 heterocycles. The quantitative estimate of drug-likeness (QED) is 0.336. The Hall–Kier alpha value is -3.23. The molecule has 1 amide bonds. The highest BCUT2D eigenvalue weighted by atomic mass is 35.5. The first kappa shape index (κ1) is 22.0. The Morgan fingerprint density at radius 1 is 1.16 bits per heavy atom. The van der Waals surface area contributed by atoms with E-state index in [0.29, 0.717) is 34.6 Å². The van der Waals surface area contributed by atoms with Crippen molar-refractivity contribution in [3.05, 3.63) is 70.5 Å². The summed E-state index contributed by atoms with van der Waals surface area (Å²) >= 11 is 7.64. The number of carbonyl (C=O) groups excluding carboxylic acids is 1. The van der Waals surface area contributed by atoms with Crippen molar-refractivity contribution >= 4 is 28.8 Å². The fourth-order valence-electron chi connectivity index (χ4n) is 3.15. The number of rotatable bonds is 8. The van der Waals surface area contributed by atoms with Crippen LogP contribution in [0.15, 0.2) is 58.3 Å². The molecule has 0 saturated heterocycles. The number of benzene rings is 2. The third-order valence-electron chi connectivity index (χ3n) is 4.74. The first-order valence-electron chi connectivity index (χ1n) is 10.1. The van der Waals surface area contributed by atoms with Crippen LogP contribution in [0.3, 0.4) is 0 Å². The van der Waals surface area contributed by atoms with Crippen molar-refractivity contribution in [2.24, 2.45) is 0 Å². The SMILES string of the molecule is CCCN(Cc1nnc(-c2ccccc2Cl)o1)C(=O)c1csc(-c2ccc(OC)cc2)n1. The molecule has 2 aromatic carbocycles. The predicted molar refractivity (Wildman–Crippen MR) is 124 cm³/mol. The highest BCUT2D eigenvalue weighted by molar-refractivity contribution is 7.13. The van der Waals surface area contributed by atoms with E-state index in [1.807, 2.05) is 49.4 Å². The van der Waals surface area contributed by atoms with Crippen LogP contribution < -0.4 is 4.74 Å². The van der Waals surface area contributed by atoms with Crippen LogP contribution in [0, 0.1) is 0 Å². The molecule has 0 spiro atoms. The van der Waals surface area contributed by atoms with Crippen LogP contribution in [0.5, 0.6) is 5.75 Å². The van der Waals surface area contributed by atoms with Crippen LogP contribution in [0.25, 0.3) is 22.0 Å². The summed E-state index contributed by atoms with van der Waals surface area (Å²) in [6.45, 7) is 2.74. The van der Waals surface area contributed by atoms with Crippen LogP contribution in [0.1, 0.15) is 29.7 Å². The van der Waals surface area contributed by atoms with Crippen LogP contribution in [-0.2, 0) is 6.54 Å². The van der Waals surface area contributed by atoms with Gasteiger partial charge in [-0.3, -0.25) is 4.79 Å². The van der Waals surface area contributed by atoms with Gasteiger partial charge in [-0.1, -0.05) is 30.7 Å². The van der Waals surface area contributed by atoms with E-state index in [1.165, 1.54) is 11.3 Å². The lowest BCUT2D eigenvalue weighted by Crippen LogP contribution is -2.31. The number of hydrogen-bond donors (Lipinski definition) is 0. The van der Waals surface area contributed by atoms with Gasteiger partial charge in [-0.05, 0) is 42.8 Å². The molecular weight excluding hydrogens is 448 g/mol. The molecule has 0 radical (unpaired) electrons. The zero-order valence-electron chi connectivity index (χ0n) is 17.6. The molecule has 32 heavy (non-hydrogen) atoms. The minimum atomic E-state index is -0.180. The highest BCUT2D eigenvalue weighted by Crippen LogP contribution is 2.28. The standard InChI is InChI=1S/C23H21ClN4O3S/c1-3-12-28(13-20-26-27-21(31-20)17-6-4-5-7-18(17)24)23(29)19-14-32-22(25-19)15-8-10-16(30-2)11-9-15/h4-11,14H,3,12-13H2,1-2H3. The average Bonchev–Trinajstić information content (AvgIpc) is 3.49. The largest absolute Gasteiger partial charge is 0.497 e. The lowest BCUT2D eigenvalue weighted by atomic mass is 10.2. The molecule has 4 aromatic rings. The monoisotopic (exact) mass is 468 g/mol. The molecular formula is C23H21ClN4O3S. The molecule has 0 atom stereocenters. The molecule has 0 aliphatic carbocycles. The first-order valence-corrected chi connectivity index (χ1v) is 11.3. The Balaban J connectivity index is 1.51. The van der Waals surface area contributed by atoms with Gasteiger partial charge in [0, 0.05) is 17.5 Å². The van der Waals surface area contributed by atoms with Crippen molar-refractivity contribution in [1.29, 1.82) is 0 Å². The van der Waals surface area contributed by atoms with Gasteiger partial charge in [-0.2, -0.15) is 0 Å². The van der Waals surface area contributed by atoms with Crippen LogP contribution in [0.4, 0.5) is 0 Å². The van der Waals surface area contributed by atoms with Gasteiger partial charge in [0.25, 0.3) is 5.91 Å². The fraction of sp³-hybridized carbons (Fsp3) is 0.217. The average molecular weight is 469 g/mol. The second-order valence-corrected chi connectivity index (χ2v) is 8.24. The number of thiazole rings is 1. The van der Waals surface area contributed by atoms with E-state index in [0.717, 1.165) is 22.7 Å². The minimum absolute atomic E-state index is 0.180. The van der Waals surface area contributed by atoms with Crippen molar-refractivity contribution in [3.8, 4) is 27.8 Å². The lowest BCUT2D eigenvalue weighted by molar-refractivity contribution is 0.0723. The molecule has 4 rings (SSSR count). The maximum absolute atomic E-state index is 13.2. The van der Waals surface area contributed by atoms with Gasteiger partial charge in [0.15, 0.2) is 0 Å². The van der Waals surface area contributed by atoms with Crippen molar-refractivity contribution in [1.82, 2.24) is 20.1 Å². The topological polar surface area (TPSA) is 81.4 Å². The Morgan fingerprint density at radius 2 is 1.94 bits per heavy atom. The third-order valence-corrected chi connectivity index (χ3v) is 5.96. The normalized spacial score (nSPS) is 10.8. The van der Waals surface area contributed by atoms with Gasteiger partial charge < -0.3 is 14.1 Å². The summed E-state index contributed by atoms with van der Waals surface area (Å²) in [6.07, 6.45) is 0.784. The molecule has 0 fully saturated rings. The summed E-state index contributed by atoms with van der Waals surface area (Å²) in [5, 5.41) is 11.3. The number of amides is 1. The van der Waals surface area contributed by atoms with E-state index in [4.69, 9.17) is 20.8 Å². The van der Waals surface area contributed by atoms with Gasteiger partial charge in [-0.25, -0.2) is 4.98 Å². The Bertz CT molecular complexity index is 1210. The summed E-state index contributed by atoms with van der Waals surface area (Å²) in [5.74, 6) is 1.25. The minimum Gasteiger partial charge on any atom is -0.497 e. The van der Waals surface area contributed by atoms with E-state index in [1.54, 1.807) is 23.5 Å². The van der Waals surface area contributed by atoms with Gasteiger partial charge in [0.2, 0.25) is 11.8 Å². The van der Waals surface area contributed by atoms with Gasteiger partial charge in [-0.15, -0.1) is 21.5 Å². The Kier molecular flexibility index (Phi) is 6.82. The predicted octanol–water partition coefficient (Wildman–Crippen LogP) is 5.57. The maximum atomic E-state index is 13.2. The first-order chi connectivity index (χ1) is 15.6. The number of nitrogens with zero attached hydrogens (tertiary/aromatic N) is 4. The molecule has 0 N–H and O–H groups in total. The summed E-state index contributed by atoms with van der Waals surface area (Å²) in [6, 6.07) is 14.8. The van der Waals surface area contributed by atoms with Crippen molar-refractivity contribution in [2.45, 2.75) is 19.9 Å². The molecule has 7 nitrogen and oxygen atoms in total. The van der Waals surface area contributed by atoms with E-state index in [2.05, 4.69) is 15.2 Å². The highest BCUT2D eigenvalue weighted by Gasteiger charge is 2.22. The van der Waals surface area contributed by atoms with Crippen molar-refractivity contribution < 1.29 is 13.9 Å². The summed E-state index contributed by atoms with van der Waals surface area (Å²) in [7, 11) is 1.62. The summed E-state index contributed by atoms with van der Waals surface area (Å²) in [5.41, 5.74) is 1.98.